The van der Waals surface area contributed by atoms with Gasteiger partial charge in [0.05, 0.1) is 17.1 Å². The third-order valence-electron chi connectivity index (χ3n) is 3.89. The summed E-state index contributed by atoms with van der Waals surface area (Å²) in [5.41, 5.74) is 2.83. The average molecular weight is 389 g/mol. The van der Waals surface area contributed by atoms with E-state index in [1.54, 1.807) is 18.2 Å². The van der Waals surface area contributed by atoms with Crippen LogP contribution in [-0.4, -0.2) is 42.9 Å². The molecule has 0 bridgehead atoms. The van der Waals surface area contributed by atoms with Gasteiger partial charge in [0.2, 0.25) is 5.91 Å². The van der Waals surface area contributed by atoms with Gasteiger partial charge in [0.1, 0.15) is 0 Å². The van der Waals surface area contributed by atoms with E-state index in [4.69, 9.17) is 16.3 Å². The second-order valence-electron chi connectivity index (χ2n) is 6.17. The largest absolute Gasteiger partial charge is 0.452 e. The number of carbonyl (C=O) groups excluding carboxylic acids is 3. The van der Waals surface area contributed by atoms with Crippen molar-refractivity contribution in [1.29, 1.82) is 0 Å². The van der Waals surface area contributed by atoms with Crippen LogP contribution in [0.1, 0.15) is 21.5 Å². The van der Waals surface area contributed by atoms with Gasteiger partial charge in [-0.25, -0.2) is 4.79 Å². The van der Waals surface area contributed by atoms with E-state index in [9.17, 15) is 14.4 Å². The minimum atomic E-state index is -0.692. The van der Waals surface area contributed by atoms with Crippen molar-refractivity contribution in [2.75, 3.05) is 25.5 Å². The number of aryl methyl sites for hydroxylation is 2. The molecule has 0 fully saturated rings. The maximum atomic E-state index is 12.2. The number of nitrogens with one attached hydrogen (secondary N) is 1. The van der Waals surface area contributed by atoms with Gasteiger partial charge in [0.25, 0.3) is 5.91 Å². The minimum absolute atomic E-state index is 0.157. The van der Waals surface area contributed by atoms with Crippen LogP contribution in [0.25, 0.3) is 0 Å². The lowest BCUT2D eigenvalue weighted by Gasteiger charge is -2.17. The standard InChI is InChI=1S/C20H21ClN2O4/c1-13-8-9-14(2)17(10-13)22-18(24)11-23(3)19(25)12-27-20(26)15-6-4-5-7-16(15)21/h4-10H,11-12H2,1-3H3,(H,22,24). The molecule has 0 unspecified atom stereocenters. The molecule has 7 heteroatoms. The molecule has 0 saturated heterocycles. The van der Waals surface area contributed by atoms with E-state index in [2.05, 4.69) is 5.32 Å². The second-order valence-corrected chi connectivity index (χ2v) is 6.58. The molecule has 0 aliphatic carbocycles. The number of esters is 1. The Balaban J connectivity index is 1.86. The number of carbonyl (C=O) groups is 3. The molecule has 1 N–H and O–H groups in total. The Kier molecular flexibility index (Phi) is 6.96. The van der Waals surface area contributed by atoms with E-state index in [0.29, 0.717) is 5.69 Å². The first-order valence-electron chi connectivity index (χ1n) is 8.30. The van der Waals surface area contributed by atoms with Crippen LogP contribution < -0.4 is 5.32 Å². The number of halogens is 1. The third-order valence-corrected chi connectivity index (χ3v) is 4.22. The second kappa shape index (κ2) is 9.19. The molecule has 27 heavy (non-hydrogen) atoms. The van der Waals surface area contributed by atoms with Crippen LogP contribution in [0.4, 0.5) is 5.69 Å². The van der Waals surface area contributed by atoms with Gasteiger partial charge in [-0.05, 0) is 43.2 Å². The van der Waals surface area contributed by atoms with Crippen LogP contribution in [0.5, 0.6) is 0 Å². The summed E-state index contributed by atoms with van der Waals surface area (Å²) in [4.78, 5) is 37.4. The number of amides is 2. The first kappa shape index (κ1) is 20.5. The highest BCUT2D eigenvalue weighted by Gasteiger charge is 2.17. The number of hydrogen-bond acceptors (Lipinski definition) is 4. The van der Waals surface area contributed by atoms with Crippen LogP contribution in [0.3, 0.4) is 0 Å². The number of ether oxygens (including phenoxy) is 1. The van der Waals surface area contributed by atoms with Crippen molar-refractivity contribution in [2.24, 2.45) is 0 Å². The van der Waals surface area contributed by atoms with E-state index in [1.807, 2.05) is 32.0 Å². The van der Waals surface area contributed by atoms with Crippen LogP contribution in [0.2, 0.25) is 5.02 Å². The molecule has 0 aliphatic heterocycles. The van der Waals surface area contributed by atoms with Crippen molar-refractivity contribution in [2.45, 2.75) is 13.8 Å². The number of hydrogen-bond donors (Lipinski definition) is 1. The van der Waals surface area contributed by atoms with Gasteiger partial charge in [0.15, 0.2) is 6.61 Å². The summed E-state index contributed by atoms with van der Waals surface area (Å²) in [7, 11) is 1.47. The van der Waals surface area contributed by atoms with Gasteiger partial charge in [-0.2, -0.15) is 0 Å². The highest BCUT2D eigenvalue weighted by atomic mass is 35.5. The number of rotatable bonds is 6. The molecule has 6 nitrogen and oxygen atoms in total. The van der Waals surface area contributed by atoms with Crippen molar-refractivity contribution in [3.05, 3.63) is 64.2 Å². The normalized spacial score (nSPS) is 10.2. The van der Waals surface area contributed by atoms with E-state index >= 15 is 0 Å². The fourth-order valence-corrected chi connectivity index (χ4v) is 2.52. The molecular weight excluding hydrogens is 368 g/mol. The molecule has 0 heterocycles. The van der Waals surface area contributed by atoms with Gasteiger partial charge >= 0.3 is 5.97 Å². The van der Waals surface area contributed by atoms with Gasteiger partial charge in [-0.3, -0.25) is 9.59 Å². The zero-order valence-corrected chi connectivity index (χ0v) is 16.2. The number of anilines is 1. The van der Waals surface area contributed by atoms with Crippen LogP contribution in [0.15, 0.2) is 42.5 Å². The fourth-order valence-electron chi connectivity index (χ4n) is 2.31. The van der Waals surface area contributed by atoms with Crippen LogP contribution >= 0.6 is 11.6 Å². The Labute approximate surface area is 163 Å². The summed E-state index contributed by atoms with van der Waals surface area (Å²) in [5.74, 6) is -1.52. The maximum absolute atomic E-state index is 12.2. The summed E-state index contributed by atoms with van der Waals surface area (Å²) in [6.45, 7) is 3.18. The van der Waals surface area contributed by atoms with E-state index in [-0.39, 0.29) is 23.0 Å². The van der Waals surface area contributed by atoms with Gasteiger partial charge < -0.3 is 15.0 Å². The first-order valence-corrected chi connectivity index (χ1v) is 8.68. The fraction of sp³-hybridized carbons (Fsp3) is 0.250. The van der Waals surface area contributed by atoms with Crippen LogP contribution in [-0.2, 0) is 14.3 Å². The predicted molar refractivity (Wildman–Crippen MR) is 104 cm³/mol. The molecule has 0 aromatic heterocycles. The highest BCUT2D eigenvalue weighted by molar-refractivity contribution is 6.33. The molecule has 2 rings (SSSR count). The lowest BCUT2D eigenvalue weighted by molar-refractivity contribution is -0.136. The molecule has 0 saturated carbocycles. The summed E-state index contributed by atoms with van der Waals surface area (Å²) >= 11 is 5.92. The zero-order valence-electron chi connectivity index (χ0n) is 15.4. The quantitative estimate of drug-likeness (QED) is 0.771. The summed E-state index contributed by atoms with van der Waals surface area (Å²) < 4.78 is 4.98. The Morgan fingerprint density at radius 1 is 1.11 bits per heavy atom. The van der Waals surface area contributed by atoms with Crippen molar-refractivity contribution >= 4 is 35.1 Å². The van der Waals surface area contributed by atoms with Crippen LogP contribution in [0, 0.1) is 13.8 Å². The topological polar surface area (TPSA) is 75.7 Å². The highest BCUT2D eigenvalue weighted by Crippen LogP contribution is 2.17. The number of likely N-dealkylation sites (N-methyl/N-ethyl adjacent to an activating group) is 1. The molecule has 0 aliphatic rings. The Morgan fingerprint density at radius 2 is 1.81 bits per heavy atom. The minimum Gasteiger partial charge on any atom is -0.452 e. The van der Waals surface area contributed by atoms with Gasteiger partial charge in [0, 0.05) is 12.7 Å². The van der Waals surface area contributed by atoms with Crippen molar-refractivity contribution < 1.29 is 19.1 Å². The number of nitrogens with zero attached hydrogens (tertiary/aromatic N) is 1. The number of benzene rings is 2. The summed E-state index contributed by atoms with van der Waals surface area (Å²) in [5, 5.41) is 3.02. The Hall–Kier alpha value is -2.86. The first-order chi connectivity index (χ1) is 12.8. The SMILES string of the molecule is Cc1ccc(C)c(NC(=O)CN(C)C(=O)COC(=O)c2ccccc2Cl)c1. The van der Waals surface area contributed by atoms with E-state index in [1.165, 1.54) is 18.0 Å². The molecular formula is C20H21ClN2O4. The van der Waals surface area contributed by atoms with Crippen molar-refractivity contribution in [1.82, 2.24) is 4.90 Å². The molecule has 0 radical (unpaired) electrons. The molecule has 0 spiro atoms. The smallest absolute Gasteiger partial charge is 0.340 e. The maximum Gasteiger partial charge on any atom is 0.340 e. The van der Waals surface area contributed by atoms with Gasteiger partial charge in [-0.1, -0.05) is 35.9 Å². The Bertz CT molecular complexity index is 867. The summed E-state index contributed by atoms with van der Waals surface area (Å²) in [6.07, 6.45) is 0. The Morgan fingerprint density at radius 3 is 2.52 bits per heavy atom. The lowest BCUT2D eigenvalue weighted by Crippen LogP contribution is -2.37. The summed E-state index contributed by atoms with van der Waals surface area (Å²) in [6, 6.07) is 12.1. The van der Waals surface area contributed by atoms with Crippen molar-refractivity contribution in [3.8, 4) is 0 Å². The molecule has 0 atom stereocenters. The molecule has 2 amide bonds. The zero-order chi connectivity index (χ0) is 20.0. The predicted octanol–water partition coefficient (Wildman–Crippen LogP) is 3.21. The lowest BCUT2D eigenvalue weighted by atomic mass is 10.1. The molecule has 2 aromatic carbocycles. The third kappa shape index (κ3) is 5.82. The van der Waals surface area contributed by atoms with E-state index < -0.39 is 18.5 Å². The van der Waals surface area contributed by atoms with Gasteiger partial charge in [-0.15, -0.1) is 0 Å². The molecule has 2 aromatic rings. The monoisotopic (exact) mass is 388 g/mol. The average Bonchev–Trinajstić information content (AvgIpc) is 2.62. The molecule has 142 valence electrons. The van der Waals surface area contributed by atoms with E-state index in [0.717, 1.165) is 11.1 Å². The van der Waals surface area contributed by atoms with Crippen molar-refractivity contribution in [3.63, 3.8) is 0 Å².